The van der Waals surface area contributed by atoms with Gasteiger partial charge in [0.15, 0.2) is 11.5 Å². The molecule has 4 nitrogen and oxygen atoms in total. The molecular formula is C21H18BrClN2O2. The lowest BCUT2D eigenvalue weighted by Gasteiger charge is -2.14. The second kappa shape index (κ2) is 9.44. The summed E-state index contributed by atoms with van der Waals surface area (Å²) in [5.41, 5.74) is 5.68. The number of nitrogens with zero attached hydrogens (tertiary/aromatic N) is 1. The molecule has 0 aromatic heterocycles. The molecule has 0 bridgehead atoms. The molecule has 0 saturated carbocycles. The Hall–Kier alpha value is -2.50. The largest absolute Gasteiger partial charge is 0.493 e. The maximum absolute atomic E-state index is 6.19. The molecule has 0 atom stereocenters. The Morgan fingerprint density at radius 1 is 1.07 bits per heavy atom. The Kier molecular flexibility index (Phi) is 6.74. The first-order valence-electron chi connectivity index (χ1n) is 8.25. The molecule has 27 heavy (non-hydrogen) atoms. The Balaban J connectivity index is 1.73. The van der Waals surface area contributed by atoms with E-state index in [0.717, 1.165) is 21.3 Å². The van der Waals surface area contributed by atoms with Crippen LogP contribution < -0.4 is 14.9 Å². The number of hydrogen-bond donors (Lipinski definition) is 1. The normalized spacial score (nSPS) is 10.8. The third-order valence-electron chi connectivity index (χ3n) is 3.76. The van der Waals surface area contributed by atoms with Crippen molar-refractivity contribution in [2.24, 2.45) is 5.10 Å². The van der Waals surface area contributed by atoms with Gasteiger partial charge < -0.3 is 9.47 Å². The van der Waals surface area contributed by atoms with Crippen LogP contribution in [0.3, 0.4) is 0 Å². The molecule has 0 aliphatic heterocycles. The average molecular weight is 446 g/mol. The minimum absolute atomic E-state index is 0.345. The van der Waals surface area contributed by atoms with E-state index in [2.05, 4.69) is 26.5 Å². The second-order valence-electron chi connectivity index (χ2n) is 5.65. The zero-order valence-corrected chi connectivity index (χ0v) is 17.0. The molecule has 138 valence electrons. The average Bonchev–Trinajstić information content (AvgIpc) is 2.69. The summed E-state index contributed by atoms with van der Waals surface area (Å²) < 4.78 is 12.2. The third-order valence-corrected chi connectivity index (χ3v) is 4.72. The van der Waals surface area contributed by atoms with E-state index in [1.54, 1.807) is 13.3 Å². The molecule has 3 aromatic rings. The van der Waals surface area contributed by atoms with E-state index in [4.69, 9.17) is 21.1 Å². The van der Waals surface area contributed by atoms with Crippen molar-refractivity contribution < 1.29 is 9.47 Å². The number of ether oxygens (including phenoxy) is 2. The van der Waals surface area contributed by atoms with Gasteiger partial charge in [0.2, 0.25) is 0 Å². The highest BCUT2D eigenvalue weighted by Crippen LogP contribution is 2.37. The lowest BCUT2D eigenvalue weighted by molar-refractivity contribution is 0.282. The lowest BCUT2D eigenvalue weighted by atomic mass is 10.2. The SMILES string of the molecule is COc1cc(/C=N\Nc2ccccc2)cc(Br)c1OCc1ccccc1Cl. The van der Waals surface area contributed by atoms with Crippen LogP contribution in [-0.2, 0) is 6.61 Å². The molecule has 0 radical (unpaired) electrons. The van der Waals surface area contributed by atoms with Gasteiger partial charge in [-0.25, -0.2) is 0 Å². The fourth-order valence-corrected chi connectivity index (χ4v) is 3.18. The van der Waals surface area contributed by atoms with Crippen molar-refractivity contribution >= 4 is 39.4 Å². The molecule has 0 aliphatic carbocycles. The summed E-state index contributed by atoms with van der Waals surface area (Å²) in [4.78, 5) is 0. The number of nitrogens with one attached hydrogen (secondary N) is 1. The van der Waals surface area contributed by atoms with Crippen molar-refractivity contribution in [3.63, 3.8) is 0 Å². The Bertz CT molecular complexity index is 933. The summed E-state index contributed by atoms with van der Waals surface area (Å²) >= 11 is 9.74. The van der Waals surface area contributed by atoms with Crippen molar-refractivity contribution in [1.82, 2.24) is 0 Å². The predicted octanol–water partition coefficient (Wildman–Crippen LogP) is 6.14. The van der Waals surface area contributed by atoms with Gasteiger partial charge in [-0.1, -0.05) is 48.0 Å². The van der Waals surface area contributed by atoms with Crippen LogP contribution in [0.2, 0.25) is 5.02 Å². The van der Waals surface area contributed by atoms with E-state index < -0.39 is 0 Å². The molecular weight excluding hydrogens is 428 g/mol. The second-order valence-corrected chi connectivity index (χ2v) is 6.91. The van der Waals surface area contributed by atoms with Crippen molar-refractivity contribution in [3.8, 4) is 11.5 Å². The van der Waals surface area contributed by atoms with E-state index in [1.165, 1.54) is 0 Å². The number of para-hydroxylation sites is 1. The molecule has 1 N–H and O–H groups in total. The topological polar surface area (TPSA) is 42.8 Å². The van der Waals surface area contributed by atoms with Crippen LogP contribution >= 0.6 is 27.5 Å². The number of methoxy groups -OCH3 is 1. The first-order valence-corrected chi connectivity index (χ1v) is 9.42. The molecule has 3 aromatic carbocycles. The molecule has 0 fully saturated rings. The van der Waals surface area contributed by atoms with Gasteiger partial charge in [-0.3, -0.25) is 5.43 Å². The molecule has 0 amide bonds. The highest BCUT2D eigenvalue weighted by molar-refractivity contribution is 9.10. The van der Waals surface area contributed by atoms with E-state index in [-0.39, 0.29) is 0 Å². The van der Waals surface area contributed by atoms with Gasteiger partial charge in [0.1, 0.15) is 6.61 Å². The van der Waals surface area contributed by atoms with Gasteiger partial charge in [-0.05, 0) is 51.8 Å². The summed E-state index contributed by atoms with van der Waals surface area (Å²) in [5, 5.41) is 4.92. The van der Waals surface area contributed by atoms with Crippen molar-refractivity contribution in [2.45, 2.75) is 6.61 Å². The molecule has 6 heteroatoms. The first-order chi connectivity index (χ1) is 13.2. The van der Waals surface area contributed by atoms with E-state index in [1.807, 2.05) is 66.7 Å². The molecule has 0 spiro atoms. The summed E-state index contributed by atoms with van der Waals surface area (Å²) in [6, 6.07) is 21.1. The number of hydrazone groups is 1. The van der Waals surface area contributed by atoms with Crippen LogP contribution in [0.5, 0.6) is 11.5 Å². The predicted molar refractivity (Wildman–Crippen MR) is 114 cm³/mol. The third kappa shape index (κ3) is 5.25. The van der Waals surface area contributed by atoms with E-state index in [0.29, 0.717) is 23.1 Å². The van der Waals surface area contributed by atoms with Crippen LogP contribution in [0.4, 0.5) is 5.69 Å². The first kappa shape index (κ1) is 19.3. The van der Waals surface area contributed by atoms with Gasteiger partial charge in [-0.2, -0.15) is 5.10 Å². The number of anilines is 1. The van der Waals surface area contributed by atoms with Crippen molar-refractivity contribution in [2.75, 3.05) is 12.5 Å². The zero-order valence-electron chi connectivity index (χ0n) is 14.7. The van der Waals surface area contributed by atoms with Crippen LogP contribution in [-0.4, -0.2) is 13.3 Å². The lowest BCUT2D eigenvalue weighted by Crippen LogP contribution is -2.00. The molecule has 0 heterocycles. The Morgan fingerprint density at radius 3 is 2.56 bits per heavy atom. The van der Waals surface area contributed by atoms with Crippen LogP contribution in [0, 0.1) is 0 Å². The van der Waals surface area contributed by atoms with Gasteiger partial charge >= 0.3 is 0 Å². The molecule has 0 aliphatic rings. The highest BCUT2D eigenvalue weighted by atomic mass is 79.9. The van der Waals surface area contributed by atoms with Gasteiger partial charge in [-0.15, -0.1) is 0 Å². The standard InChI is InChI=1S/C21H18BrClN2O2/c1-26-20-12-15(13-24-25-17-8-3-2-4-9-17)11-18(22)21(20)27-14-16-7-5-6-10-19(16)23/h2-13,25H,14H2,1H3/b24-13-. The smallest absolute Gasteiger partial charge is 0.175 e. The maximum atomic E-state index is 6.19. The quantitative estimate of drug-likeness (QED) is 0.351. The fourth-order valence-electron chi connectivity index (χ4n) is 2.41. The number of halogens is 2. The van der Waals surface area contributed by atoms with E-state index in [9.17, 15) is 0 Å². The number of benzene rings is 3. The Morgan fingerprint density at radius 2 is 1.81 bits per heavy atom. The molecule has 0 saturated heterocycles. The summed E-state index contributed by atoms with van der Waals surface area (Å²) in [5.74, 6) is 1.23. The summed E-state index contributed by atoms with van der Waals surface area (Å²) in [6.07, 6.45) is 1.72. The highest BCUT2D eigenvalue weighted by Gasteiger charge is 2.12. The summed E-state index contributed by atoms with van der Waals surface area (Å²) in [6.45, 7) is 0.345. The zero-order chi connectivity index (χ0) is 19.1. The number of rotatable bonds is 7. The summed E-state index contributed by atoms with van der Waals surface area (Å²) in [7, 11) is 1.60. The van der Waals surface area contributed by atoms with Gasteiger partial charge in [0.25, 0.3) is 0 Å². The fraction of sp³-hybridized carbons (Fsp3) is 0.0952. The van der Waals surface area contributed by atoms with Gasteiger partial charge in [0, 0.05) is 10.6 Å². The van der Waals surface area contributed by atoms with E-state index >= 15 is 0 Å². The van der Waals surface area contributed by atoms with Crippen LogP contribution in [0.15, 0.2) is 76.3 Å². The molecule has 0 unspecified atom stereocenters. The van der Waals surface area contributed by atoms with Gasteiger partial charge in [0.05, 0.1) is 23.5 Å². The monoisotopic (exact) mass is 444 g/mol. The molecule has 3 rings (SSSR count). The minimum atomic E-state index is 0.345. The van der Waals surface area contributed by atoms with Crippen molar-refractivity contribution in [3.05, 3.63) is 87.4 Å². The van der Waals surface area contributed by atoms with Crippen molar-refractivity contribution in [1.29, 1.82) is 0 Å². The number of hydrogen-bond acceptors (Lipinski definition) is 4. The van der Waals surface area contributed by atoms with Crippen LogP contribution in [0.1, 0.15) is 11.1 Å². The van der Waals surface area contributed by atoms with Crippen LogP contribution in [0.25, 0.3) is 0 Å². The maximum Gasteiger partial charge on any atom is 0.175 e. The minimum Gasteiger partial charge on any atom is -0.493 e. The Labute approximate surface area is 171 Å².